The van der Waals surface area contributed by atoms with E-state index in [1.807, 2.05) is 18.2 Å². The van der Waals surface area contributed by atoms with Crippen molar-refractivity contribution in [1.29, 1.82) is 0 Å². The fourth-order valence-electron chi connectivity index (χ4n) is 2.41. The molecule has 6 nitrogen and oxygen atoms in total. The lowest BCUT2D eigenvalue weighted by molar-refractivity contribution is -0.130. The lowest BCUT2D eigenvalue weighted by atomic mass is 10.0. The molecule has 2 N–H and O–H groups in total. The molecule has 2 amide bonds. The molecule has 1 aliphatic rings. The van der Waals surface area contributed by atoms with E-state index < -0.39 is 0 Å². The largest absolute Gasteiger partial charge is 0.484 e. The van der Waals surface area contributed by atoms with E-state index in [0.717, 1.165) is 31.4 Å². The fourth-order valence-corrected chi connectivity index (χ4v) is 2.41. The molecule has 24 heavy (non-hydrogen) atoms. The number of hydrogen-bond donors (Lipinski definition) is 2. The molecular formula is C17H26ClN3O3. The number of hydrogen-bond acceptors (Lipinski definition) is 4. The summed E-state index contributed by atoms with van der Waals surface area (Å²) in [6, 6.07) is 7.35. The van der Waals surface area contributed by atoms with E-state index in [1.165, 1.54) is 4.90 Å². The molecule has 7 heteroatoms. The van der Waals surface area contributed by atoms with Gasteiger partial charge in [-0.25, -0.2) is 0 Å². The van der Waals surface area contributed by atoms with Gasteiger partial charge in [-0.3, -0.25) is 9.59 Å². The summed E-state index contributed by atoms with van der Waals surface area (Å²) in [6.45, 7) is 1.37. The van der Waals surface area contributed by atoms with Crippen LogP contribution in [0.2, 0.25) is 0 Å². The van der Waals surface area contributed by atoms with Gasteiger partial charge in [0.15, 0.2) is 6.61 Å². The van der Waals surface area contributed by atoms with Gasteiger partial charge in [0.2, 0.25) is 5.91 Å². The van der Waals surface area contributed by atoms with Gasteiger partial charge in [0.25, 0.3) is 5.91 Å². The molecule has 1 atom stereocenters. The van der Waals surface area contributed by atoms with Crippen LogP contribution in [0.15, 0.2) is 24.3 Å². The van der Waals surface area contributed by atoms with E-state index in [9.17, 15) is 9.59 Å². The van der Waals surface area contributed by atoms with Crippen LogP contribution >= 0.6 is 12.4 Å². The standard InChI is InChI=1S/C17H25N3O3.ClH/c1-20(2)16(21)12-23-14-7-5-6-13(10-14)11-19-17(22)15-8-3-4-9-18-15;/h5-7,10,15,18H,3-4,8-9,11-12H2,1-2H3,(H,19,22);1H. The molecule has 134 valence electrons. The van der Waals surface area contributed by atoms with E-state index >= 15 is 0 Å². The lowest BCUT2D eigenvalue weighted by Crippen LogP contribution is -2.46. The zero-order chi connectivity index (χ0) is 16.7. The van der Waals surface area contributed by atoms with Crippen LogP contribution in [0.5, 0.6) is 5.75 Å². The Labute approximate surface area is 149 Å². The molecular weight excluding hydrogens is 330 g/mol. The molecule has 0 saturated carbocycles. The number of piperidine rings is 1. The van der Waals surface area contributed by atoms with Gasteiger partial charge in [-0.1, -0.05) is 18.6 Å². The molecule has 1 aromatic carbocycles. The maximum atomic E-state index is 12.1. The number of carbonyl (C=O) groups is 2. The third kappa shape index (κ3) is 6.37. The van der Waals surface area contributed by atoms with Crippen LogP contribution in [0.25, 0.3) is 0 Å². The minimum absolute atomic E-state index is 0. The predicted molar refractivity (Wildman–Crippen MR) is 95.4 cm³/mol. The maximum absolute atomic E-state index is 12.1. The second kappa shape index (κ2) is 10.2. The summed E-state index contributed by atoms with van der Waals surface area (Å²) in [4.78, 5) is 25.1. The van der Waals surface area contributed by atoms with Gasteiger partial charge in [-0.2, -0.15) is 0 Å². The van der Waals surface area contributed by atoms with Crippen LogP contribution in [0.1, 0.15) is 24.8 Å². The Morgan fingerprint density at radius 2 is 2.12 bits per heavy atom. The Hall–Kier alpha value is -1.79. The number of carbonyl (C=O) groups excluding carboxylic acids is 2. The fraction of sp³-hybridized carbons (Fsp3) is 0.529. The van der Waals surface area contributed by atoms with Gasteiger partial charge in [0.1, 0.15) is 5.75 Å². The first-order valence-corrected chi connectivity index (χ1v) is 7.99. The number of halogens is 1. The molecule has 0 aromatic heterocycles. The quantitative estimate of drug-likeness (QED) is 0.807. The zero-order valence-corrected chi connectivity index (χ0v) is 15.0. The molecule has 0 bridgehead atoms. The Morgan fingerprint density at radius 3 is 2.79 bits per heavy atom. The van der Waals surface area contributed by atoms with Crippen molar-refractivity contribution in [3.05, 3.63) is 29.8 Å². The average Bonchev–Trinajstić information content (AvgIpc) is 2.58. The number of likely N-dealkylation sites (N-methyl/N-ethyl adjacent to an activating group) is 1. The van der Waals surface area contributed by atoms with E-state index in [1.54, 1.807) is 20.2 Å². The van der Waals surface area contributed by atoms with Crippen molar-refractivity contribution in [2.45, 2.75) is 31.8 Å². The number of amides is 2. The van der Waals surface area contributed by atoms with Crippen molar-refractivity contribution < 1.29 is 14.3 Å². The molecule has 1 aromatic rings. The highest BCUT2D eigenvalue weighted by Crippen LogP contribution is 2.14. The van der Waals surface area contributed by atoms with Crippen LogP contribution in [-0.2, 0) is 16.1 Å². The number of ether oxygens (including phenoxy) is 1. The molecule has 0 spiro atoms. The molecule has 0 aliphatic carbocycles. The van der Waals surface area contributed by atoms with Crippen molar-refractivity contribution in [1.82, 2.24) is 15.5 Å². The Morgan fingerprint density at radius 1 is 1.33 bits per heavy atom. The molecule has 1 saturated heterocycles. The highest BCUT2D eigenvalue weighted by molar-refractivity contribution is 5.85. The zero-order valence-electron chi connectivity index (χ0n) is 14.2. The minimum atomic E-state index is -0.0907. The maximum Gasteiger partial charge on any atom is 0.259 e. The highest BCUT2D eigenvalue weighted by Gasteiger charge is 2.19. The lowest BCUT2D eigenvalue weighted by Gasteiger charge is -2.22. The highest BCUT2D eigenvalue weighted by atomic mass is 35.5. The summed E-state index contributed by atoms with van der Waals surface area (Å²) in [5.41, 5.74) is 0.948. The van der Waals surface area contributed by atoms with Gasteiger partial charge in [-0.15, -0.1) is 12.4 Å². The van der Waals surface area contributed by atoms with Gasteiger partial charge in [0.05, 0.1) is 6.04 Å². The van der Waals surface area contributed by atoms with Crippen molar-refractivity contribution in [3.8, 4) is 5.75 Å². The molecule has 1 unspecified atom stereocenters. The van der Waals surface area contributed by atoms with E-state index in [-0.39, 0.29) is 36.9 Å². The van der Waals surface area contributed by atoms with E-state index in [4.69, 9.17) is 4.74 Å². The van der Waals surface area contributed by atoms with Crippen molar-refractivity contribution in [3.63, 3.8) is 0 Å². The predicted octanol–water partition coefficient (Wildman–Crippen LogP) is 1.33. The molecule has 1 aliphatic heterocycles. The average molecular weight is 356 g/mol. The van der Waals surface area contributed by atoms with Crippen LogP contribution < -0.4 is 15.4 Å². The Kier molecular flexibility index (Phi) is 8.57. The van der Waals surface area contributed by atoms with Crippen LogP contribution in [0.3, 0.4) is 0 Å². The smallest absolute Gasteiger partial charge is 0.259 e. The van der Waals surface area contributed by atoms with E-state index in [2.05, 4.69) is 10.6 Å². The summed E-state index contributed by atoms with van der Waals surface area (Å²) in [6.07, 6.45) is 3.12. The van der Waals surface area contributed by atoms with Crippen molar-refractivity contribution in [2.24, 2.45) is 0 Å². The Balaban J connectivity index is 0.00000288. The number of nitrogens with zero attached hydrogens (tertiary/aromatic N) is 1. The van der Waals surface area contributed by atoms with Crippen LogP contribution in [-0.4, -0.2) is 50.0 Å². The first kappa shape index (κ1) is 20.3. The second-order valence-corrected chi connectivity index (χ2v) is 5.94. The van der Waals surface area contributed by atoms with Gasteiger partial charge in [-0.05, 0) is 37.1 Å². The van der Waals surface area contributed by atoms with Gasteiger partial charge < -0.3 is 20.3 Å². The molecule has 2 rings (SSSR count). The minimum Gasteiger partial charge on any atom is -0.484 e. The molecule has 0 radical (unpaired) electrons. The number of rotatable bonds is 6. The summed E-state index contributed by atoms with van der Waals surface area (Å²) in [7, 11) is 3.38. The topological polar surface area (TPSA) is 70.7 Å². The SMILES string of the molecule is CN(C)C(=O)COc1cccc(CNC(=O)C2CCCCN2)c1.Cl. The van der Waals surface area contributed by atoms with Crippen LogP contribution in [0, 0.1) is 0 Å². The number of nitrogens with one attached hydrogen (secondary N) is 2. The summed E-state index contributed by atoms with van der Waals surface area (Å²) in [5, 5.41) is 6.18. The summed E-state index contributed by atoms with van der Waals surface area (Å²) < 4.78 is 5.48. The molecule has 1 heterocycles. The first-order chi connectivity index (χ1) is 11.1. The summed E-state index contributed by atoms with van der Waals surface area (Å²) in [5.74, 6) is 0.577. The Bertz CT molecular complexity index is 546. The normalized spacial score (nSPS) is 16.7. The monoisotopic (exact) mass is 355 g/mol. The van der Waals surface area contributed by atoms with E-state index in [0.29, 0.717) is 12.3 Å². The summed E-state index contributed by atoms with van der Waals surface area (Å²) >= 11 is 0. The first-order valence-electron chi connectivity index (χ1n) is 7.99. The second-order valence-electron chi connectivity index (χ2n) is 5.94. The van der Waals surface area contributed by atoms with Crippen molar-refractivity contribution in [2.75, 3.05) is 27.2 Å². The van der Waals surface area contributed by atoms with Crippen molar-refractivity contribution >= 4 is 24.2 Å². The van der Waals surface area contributed by atoms with Gasteiger partial charge in [0, 0.05) is 20.6 Å². The molecule has 1 fully saturated rings. The number of benzene rings is 1. The third-order valence-corrected chi connectivity index (χ3v) is 3.85. The third-order valence-electron chi connectivity index (χ3n) is 3.85. The van der Waals surface area contributed by atoms with Gasteiger partial charge >= 0.3 is 0 Å². The van der Waals surface area contributed by atoms with Crippen LogP contribution in [0.4, 0.5) is 0 Å².